The number of aryl methyl sites for hydroxylation is 1. The van der Waals surface area contributed by atoms with Gasteiger partial charge in [-0.15, -0.1) is 5.10 Å². The summed E-state index contributed by atoms with van der Waals surface area (Å²) < 4.78 is 0. The number of rotatable bonds is 8. The smallest absolute Gasteiger partial charge is 0.221 e. The molecule has 1 atom stereocenters. The van der Waals surface area contributed by atoms with Gasteiger partial charge in [-0.2, -0.15) is 0 Å². The first-order valence-corrected chi connectivity index (χ1v) is 11.1. The van der Waals surface area contributed by atoms with E-state index in [1.807, 2.05) is 72.8 Å². The van der Waals surface area contributed by atoms with Crippen LogP contribution in [0.5, 0.6) is 0 Å². The van der Waals surface area contributed by atoms with E-state index in [-0.39, 0.29) is 11.2 Å². The maximum atomic E-state index is 12.7. The highest BCUT2D eigenvalue weighted by Gasteiger charge is 2.20. The van der Waals surface area contributed by atoms with E-state index in [1.165, 1.54) is 17.3 Å². The highest BCUT2D eigenvalue weighted by molar-refractivity contribution is 7.99. The van der Waals surface area contributed by atoms with Crippen molar-refractivity contribution in [3.05, 3.63) is 102 Å². The zero-order chi connectivity index (χ0) is 21.5. The molecule has 5 nitrogen and oxygen atoms in total. The molecule has 4 aromatic rings. The van der Waals surface area contributed by atoms with Crippen LogP contribution in [0.25, 0.3) is 11.4 Å². The third kappa shape index (κ3) is 5.83. The Hall–Kier alpha value is -3.38. The van der Waals surface area contributed by atoms with Crippen LogP contribution in [0.1, 0.15) is 28.4 Å². The van der Waals surface area contributed by atoms with Crippen LogP contribution in [0.3, 0.4) is 0 Å². The summed E-state index contributed by atoms with van der Waals surface area (Å²) in [7, 11) is 0. The molecule has 0 aliphatic rings. The van der Waals surface area contributed by atoms with E-state index in [9.17, 15) is 4.79 Å². The van der Waals surface area contributed by atoms with Gasteiger partial charge in [-0.3, -0.25) is 9.89 Å². The molecule has 156 valence electrons. The Labute approximate surface area is 186 Å². The molecule has 0 saturated carbocycles. The van der Waals surface area contributed by atoms with Gasteiger partial charge < -0.3 is 5.32 Å². The van der Waals surface area contributed by atoms with Gasteiger partial charge in [0, 0.05) is 23.8 Å². The Morgan fingerprint density at radius 3 is 2.35 bits per heavy atom. The topological polar surface area (TPSA) is 70.7 Å². The number of nitrogens with one attached hydrogen (secondary N) is 2. The van der Waals surface area contributed by atoms with Crippen molar-refractivity contribution in [2.45, 2.75) is 30.3 Å². The van der Waals surface area contributed by atoms with Gasteiger partial charge in [-0.1, -0.05) is 102 Å². The molecule has 1 heterocycles. The van der Waals surface area contributed by atoms with Gasteiger partial charge in [0.05, 0.1) is 0 Å². The molecule has 1 unspecified atom stereocenters. The maximum absolute atomic E-state index is 12.7. The van der Waals surface area contributed by atoms with Crippen molar-refractivity contribution in [1.29, 1.82) is 0 Å². The first-order valence-electron chi connectivity index (χ1n) is 10.2. The van der Waals surface area contributed by atoms with Crippen LogP contribution in [0.4, 0.5) is 0 Å². The lowest BCUT2D eigenvalue weighted by atomic mass is 10.1. The van der Waals surface area contributed by atoms with Gasteiger partial charge in [-0.05, 0) is 18.1 Å². The minimum absolute atomic E-state index is 0.000463. The van der Waals surface area contributed by atoms with E-state index in [2.05, 4.69) is 39.6 Å². The highest BCUT2D eigenvalue weighted by Crippen LogP contribution is 2.36. The molecule has 31 heavy (non-hydrogen) atoms. The number of hydrogen-bond donors (Lipinski definition) is 2. The average molecular weight is 429 g/mol. The lowest BCUT2D eigenvalue weighted by Crippen LogP contribution is -2.24. The van der Waals surface area contributed by atoms with E-state index >= 15 is 0 Å². The molecule has 0 bridgehead atoms. The number of amides is 1. The fraction of sp³-hybridized carbons (Fsp3) is 0.160. The molecule has 0 fully saturated rings. The third-order valence-corrected chi connectivity index (χ3v) is 6.03. The normalized spacial score (nSPS) is 11.8. The molecule has 1 amide bonds. The summed E-state index contributed by atoms with van der Waals surface area (Å²) in [6.07, 6.45) is 0.343. The Balaban J connectivity index is 1.46. The number of carbonyl (C=O) groups excluding carboxylic acids is 1. The number of nitrogens with zero attached hydrogens (tertiary/aromatic N) is 2. The number of aromatic amines is 1. The van der Waals surface area contributed by atoms with Crippen molar-refractivity contribution in [3.8, 4) is 11.4 Å². The second-order valence-electron chi connectivity index (χ2n) is 7.32. The summed E-state index contributed by atoms with van der Waals surface area (Å²) >= 11 is 1.50. The van der Waals surface area contributed by atoms with Crippen LogP contribution in [-0.4, -0.2) is 21.1 Å². The molecular weight excluding hydrogens is 404 g/mol. The number of carbonyl (C=O) groups is 1. The number of H-pyrrole nitrogens is 1. The second-order valence-corrected chi connectivity index (χ2v) is 8.49. The summed E-state index contributed by atoms with van der Waals surface area (Å²) in [5.41, 5.74) is 4.34. The van der Waals surface area contributed by atoms with Crippen molar-refractivity contribution in [2.24, 2.45) is 0 Å². The van der Waals surface area contributed by atoms with E-state index in [1.54, 1.807) is 0 Å². The van der Waals surface area contributed by atoms with Gasteiger partial charge >= 0.3 is 0 Å². The minimum Gasteiger partial charge on any atom is -0.352 e. The fourth-order valence-electron chi connectivity index (χ4n) is 3.20. The van der Waals surface area contributed by atoms with Crippen molar-refractivity contribution in [3.63, 3.8) is 0 Å². The zero-order valence-corrected chi connectivity index (χ0v) is 18.1. The van der Waals surface area contributed by atoms with Crippen molar-refractivity contribution in [1.82, 2.24) is 20.5 Å². The highest BCUT2D eigenvalue weighted by atomic mass is 32.2. The Kier molecular flexibility index (Phi) is 6.79. The third-order valence-electron chi connectivity index (χ3n) is 4.91. The second kappa shape index (κ2) is 10.1. The van der Waals surface area contributed by atoms with Crippen LogP contribution < -0.4 is 5.32 Å². The van der Waals surface area contributed by atoms with Gasteiger partial charge in [-0.25, -0.2) is 4.98 Å². The summed E-state index contributed by atoms with van der Waals surface area (Å²) in [4.78, 5) is 17.3. The van der Waals surface area contributed by atoms with Crippen molar-refractivity contribution >= 4 is 17.7 Å². The molecule has 0 saturated heterocycles. The zero-order valence-electron chi connectivity index (χ0n) is 17.3. The monoisotopic (exact) mass is 428 g/mol. The number of thioether (sulfide) groups is 1. The number of benzene rings is 3. The first kappa shape index (κ1) is 20.9. The van der Waals surface area contributed by atoms with Gasteiger partial charge in [0.2, 0.25) is 11.1 Å². The van der Waals surface area contributed by atoms with Crippen molar-refractivity contribution in [2.75, 3.05) is 0 Å². The van der Waals surface area contributed by atoms with Crippen LogP contribution in [0, 0.1) is 6.92 Å². The number of hydrogen-bond acceptors (Lipinski definition) is 4. The van der Waals surface area contributed by atoms with Crippen LogP contribution in [-0.2, 0) is 11.3 Å². The fourth-order valence-corrected chi connectivity index (χ4v) is 4.22. The number of aromatic nitrogens is 3. The predicted octanol–water partition coefficient (Wildman–Crippen LogP) is 5.32. The quantitative estimate of drug-likeness (QED) is 0.373. The lowest BCUT2D eigenvalue weighted by molar-refractivity contribution is -0.121. The average Bonchev–Trinajstić information content (AvgIpc) is 3.27. The van der Waals surface area contributed by atoms with Gasteiger partial charge in [0.15, 0.2) is 5.82 Å². The van der Waals surface area contributed by atoms with Crippen LogP contribution >= 0.6 is 11.8 Å². The molecule has 0 aliphatic heterocycles. The Bertz CT molecular complexity index is 1110. The molecule has 3 aromatic carbocycles. The largest absolute Gasteiger partial charge is 0.352 e. The maximum Gasteiger partial charge on any atom is 0.221 e. The van der Waals surface area contributed by atoms with E-state index in [4.69, 9.17) is 0 Å². The van der Waals surface area contributed by atoms with Gasteiger partial charge in [0.1, 0.15) is 0 Å². The molecule has 6 heteroatoms. The predicted molar refractivity (Wildman–Crippen MR) is 125 cm³/mol. The molecular formula is C25H24N4OS. The van der Waals surface area contributed by atoms with E-state index < -0.39 is 0 Å². The van der Waals surface area contributed by atoms with Gasteiger partial charge in [0.25, 0.3) is 0 Å². The van der Waals surface area contributed by atoms with Crippen LogP contribution in [0.2, 0.25) is 0 Å². The van der Waals surface area contributed by atoms with Crippen LogP contribution in [0.15, 0.2) is 90.1 Å². The van der Waals surface area contributed by atoms with E-state index in [0.717, 1.165) is 22.5 Å². The molecule has 2 N–H and O–H groups in total. The molecule has 0 aliphatic carbocycles. The molecule has 1 aromatic heterocycles. The first-order chi connectivity index (χ1) is 15.2. The molecule has 0 radical (unpaired) electrons. The van der Waals surface area contributed by atoms with Crippen molar-refractivity contribution < 1.29 is 4.79 Å². The Morgan fingerprint density at radius 1 is 0.968 bits per heavy atom. The minimum atomic E-state index is -0.0846. The summed E-state index contributed by atoms with van der Waals surface area (Å²) in [6, 6.07) is 28.1. The summed E-state index contributed by atoms with van der Waals surface area (Å²) in [5.74, 6) is 0.724. The lowest BCUT2D eigenvalue weighted by Gasteiger charge is -2.15. The summed E-state index contributed by atoms with van der Waals surface area (Å²) in [5, 5.41) is 11.0. The van der Waals surface area contributed by atoms with E-state index in [0.29, 0.717) is 18.1 Å². The molecule has 4 rings (SSSR count). The SMILES string of the molecule is Cc1ccc(-c2nc(SC(CC(=O)NCc3ccccc3)c3ccccc3)n[nH]2)cc1. The Morgan fingerprint density at radius 2 is 1.65 bits per heavy atom. The standard InChI is InChI=1S/C25H24N4OS/c1-18-12-14-21(15-13-18)24-27-25(29-28-24)31-22(20-10-6-3-7-11-20)16-23(30)26-17-19-8-4-2-5-9-19/h2-15,22H,16-17H2,1H3,(H,26,30)(H,27,28,29). The summed E-state index contributed by atoms with van der Waals surface area (Å²) in [6.45, 7) is 2.57. The molecule has 0 spiro atoms.